The summed E-state index contributed by atoms with van der Waals surface area (Å²) in [6.07, 6.45) is 5.06. The van der Waals surface area contributed by atoms with Gasteiger partial charge in [0.15, 0.2) is 5.13 Å². The van der Waals surface area contributed by atoms with Gasteiger partial charge in [-0.25, -0.2) is 4.98 Å². The number of hydrogen-bond acceptors (Lipinski definition) is 6. The zero-order chi connectivity index (χ0) is 21.4. The number of rotatable bonds is 4. The molecule has 1 fully saturated rings. The number of aryl methyl sites for hydroxylation is 2. The zero-order valence-corrected chi connectivity index (χ0v) is 17.8. The predicted molar refractivity (Wildman–Crippen MR) is 122 cm³/mol. The normalized spacial score (nSPS) is 15.2. The Kier molecular flexibility index (Phi) is 5.15. The van der Waals surface area contributed by atoms with Crippen molar-refractivity contribution in [3.8, 4) is 11.3 Å². The zero-order valence-electron chi connectivity index (χ0n) is 17.0. The first-order valence-corrected chi connectivity index (χ1v) is 11.3. The Balaban J connectivity index is 1.40. The lowest BCUT2D eigenvalue weighted by atomic mass is 9.94. The molecule has 0 saturated carbocycles. The number of carbonyl (C=O) groups excluding carboxylic acids is 1. The van der Waals surface area contributed by atoms with Gasteiger partial charge in [0.25, 0.3) is 11.6 Å². The topological polar surface area (TPSA) is 88.4 Å². The minimum absolute atomic E-state index is 0.0260. The Hall–Kier alpha value is -3.26. The summed E-state index contributed by atoms with van der Waals surface area (Å²) in [6.45, 7) is 1.61. The van der Waals surface area contributed by atoms with Crippen molar-refractivity contribution >= 4 is 33.8 Å². The fourth-order valence-corrected chi connectivity index (χ4v) is 5.36. The lowest BCUT2D eigenvalue weighted by molar-refractivity contribution is -0.384. The van der Waals surface area contributed by atoms with Crippen molar-refractivity contribution in [2.75, 3.05) is 23.3 Å². The molecule has 0 bridgehead atoms. The number of carbonyl (C=O) groups is 1. The molecule has 0 spiro atoms. The Bertz CT molecular complexity index is 1170. The van der Waals surface area contributed by atoms with Gasteiger partial charge in [0, 0.05) is 35.2 Å². The Morgan fingerprint density at radius 3 is 2.71 bits per heavy atom. The highest BCUT2D eigenvalue weighted by Gasteiger charge is 2.25. The first-order valence-electron chi connectivity index (χ1n) is 10.5. The van der Waals surface area contributed by atoms with Crippen LogP contribution in [0.15, 0.2) is 42.5 Å². The molecule has 8 heteroatoms. The van der Waals surface area contributed by atoms with Crippen LogP contribution in [0.2, 0.25) is 0 Å². The number of nitro benzene ring substituents is 1. The highest BCUT2D eigenvalue weighted by molar-refractivity contribution is 7.16. The monoisotopic (exact) mass is 434 g/mol. The number of nitro groups is 1. The average Bonchev–Trinajstić information content (AvgIpc) is 3.22. The van der Waals surface area contributed by atoms with E-state index in [2.05, 4.69) is 22.4 Å². The maximum absolute atomic E-state index is 12.9. The highest BCUT2D eigenvalue weighted by Crippen LogP contribution is 2.38. The molecule has 1 aromatic heterocycles. The number of piperidine rings is 1. The van der Waals surface area contributed by atoms with E-state index >= 15 is 0 Å². The molecule has 1 N–H and O–H groups in total. The predicted octanol–water partition coefficient (Wildman–Crippen LogP) is 5.06. The van der Waals surface area contributed by atoms with Crippen molar-refractivity contribution in [1.29, 1.82) is 0 Å². The van der Waals surface area contributed by atoms with Crippen molar-refractivity contribution in [3.05, 3.63) is 68.6 Å². The molecule has 2 aliphatic rings. The molecular weight excluding hydrogens is 412 g/mol. The van der Waals surface area contributed by atoms with Crippen LogP contribution in [0.4, 0.5) is 16.5 Å². The van der Waals surface area contributed by atoms with Crippen LogP contribution in [0, 0.1) is 10.1 Å². The van der Waals surface area contributed by atoms with Crippen LogP contribution in [0.1, 0.15) is 40.1 Å². The van der Waals surface area contributed by atoms with Crippen molar-refractivity contribution in [2.45, 2.75) is 32.1 Å². The second kappa shape index (κ2) is 8.11. The van der Waals surface area contributed by atoms with Crippen LogP contribution in [0.3, 0.4) is 0 Å². The van der Waals surface area contributed by atoms with Gasteiger partial charge in [-0.2, -0.15) is 0 Å². The highest BCUT2D eigenvalue weighted by atomic mass is 32.1. The summed E-state index contributed by atoms with van der Waals surface area (Å²) >= 11 is 1.47. The fourth-order valence-electron chi connectivity index (χ4n) is 4.39. The van der Waals surface area contributed by atoms with Crippen LogP contribution >= 0.6 is 11.3 Å². The smallest absolute Gasteiger partial charge is 0.293 e. The van der Waals surface area contributed by atoms with Gasteiger partial charge in [-0.1, -0.05) is 24.3 Å². The molecule has 1 aliphatic heterocycles. The largest absolute Gasteiger partial charge is 0.366 e. The standard InChI is InChI=1S/C23H22N4O3S/c28-22(16-8-10-18(19(14-16)27(29)30)26-12-4-1-5-13-26)25-23-24-21-17-7-3-2-6-15(17)9-11-20(21)31-23/h2-3,6-8,10,14H,1,4-5,9,11-13H2,(H,24,25,28). The molecule has 5 rings (SSSR count). The lowest BCUT2D eigenvalue weighted by Gasteiger charge is -2.28. The van der Waals surface area contributed by atoms with E-state index < -0.39 is 4.92 Å². The van der Waals surface area contributed by atoms with E-state index in [1.807, 2.05) is 17.0 Å². The van der Waals surface area contributed by atoms with E-state index in [1.54, 1.807) is 12.1 Å². The van der Waals surface area contributed by atoms with E-state index in [-0.39, 0.29) is 17.2 Å². The van der Waals surface area contributed by atoms with Crippen molar-refractivity contribution in [3.63, 3.8) is 0 Å². The molecular formula is C23H22N4O3S. The molecule has 1 saturated heterocycles. The molecule has 1 aliphatic carbocycles. The van der Waals surface area contributed by atoms with E-state index in [4.69, 9.17) is 0 Å². The molecule has 2 aromatic carbocycles. The van der Waals surface area contributed by atoms with Gasteiger partial charge in [0.1, 0.15) is 5.69 Å². The van der Waals surface area contributed by atoms with Crippen molar-refractivity contribution in [1.82, 2.24) is 4.98 Å². The van der Waals surface area contributed by atoms with Crippen LogP contribution in [0.5, 0.6) is 0 Å². The summed E-state index contributed by atoms with van der Waals surface area (Å²) in [5.41, 5.74) is 4.13. The lowest BCUT2D eigenvalue weighted by Crippen LogP contribution is -2.30. The minimum atomic E-state index is -0.403. The number of nitrogens with zero attached hydrogens (tertiary/aromatic N) is 3. The molecule has 1 amide bonds. The number of amides is 1. The van der Waals surface area contributed by atoms with Crippen molar-refractivity contribution < 1.29 is 9.72 Å². The van der Waals surface area contributed by atoms with E-state index in [0.29, 0.717) is 10.8 Å². The van der Waals surface area contributed by atoms with Gasteiger partial charge in [-0.05, 0) is 49.8 Å². The van der Waals surface area contributed by atoms with Crippen molar-refractivity contribution in [2.24, 2.45) is 0 Å². The van der Waals surface area contributed by atoms with Crippen LogP contribution in [0.25, 0.3) is 11.3 Å². The SMILES string of the molecule is O=C(Nc1nc2c(s1)CCc1ccccc1-2)c1ccc(N2CCCCC2)c([N+](=O)[O-])c1. The number of benzene rings is 2. The number of nitrogens with one attached hydrogen (secondary N) is 1. The summed E-state index contributed by atoms with van der Waals surface area (Å²) < 4.78 is 0. The molecule has 0 radical (unpaired) electrons. The Morgan fingerprint density at radius 1 is 1.10 bits per heavy atom. The number of fused-ring (bicyclic) bond motifs is 3. The summed E-state index contributed by atoms with van der Waals surface area (Å²) in [4.78, 5) is 32.0. The summed E-state index contributed by atoms with van der Waals surface area (Å²) in [6, 6.07) is 12.9. The van der Waals surface area contributed by atoms with Gasteiger partial charge in [0.2, 0.25) is 0 Å². The quantitative estimate of drug-likeness (QED) is 0.458. The van der Waals surface area contributed by atoms with E-state index in [1.165, 1.54) is 23.0 Å². The maximum atomic E-state index is 12.9. The maximum Gasteiger partial charge on any atom is 0.293 e. The molecule has 0 atom stereocenters. The first kappa shape index (κ1) is 19.7. The number of aromatic nitrogens is 1. The average molecular weight is 435 g/mol. The fraction of sp³-hybridized carbons (Fsp3) is 0.304. The third kappa shape index (κ3) is 3.79. The second-order valence-corrected chi connectivity index (χ2v) is 8.99. The third-order valence-corrected chi connectivity index (χ3v) is 6.97. The van der Waals surface area contributed by atoms with Crippen LogP contribution < -0.4 is 10.2 Å². The van der Waals surface area contributed by atoms with E-state index in [0.717, 1.165) is 61.3 Å². The summed E-state index contributed by atoms with van der Waals surface area (Å²) in [7, 11) is 0. The summed E-state index contributed by atoms with van der Waals surface area (Å²) in [5.74, 6) is -0.382. The molecule has 2 heterocycles. The first-order chi connectivity index (χ1) is 15.1. The van der Waals surface area contributed by atoms with Gasteiger partial charge >= 0.3 is 0 Å². The minimum Gasteiger partial charge on any atom is -0.366 e. The number of hydrogen-bond donors (Lipinski definition) is 1. The van der Waals surface area contributed by atoms with Gasteiger partial charge in [0.05, 0.1) is 10.6 Å². The molecule has 31 heavy (non-hydrogen) atoms. The molecule has 0 unspecified atom stereocenters. The second-order valence-electron chi connectivity index (χ2n) is 7.91. The third-order valence-electron chi connectivity index (χ3n) is 5.94. The van der Waals surface area contributed by atoms with Gasteiger partial charge < -0.3 is 4.90 Å². The molecule has 158 valence electrons. The van der Waals surface area contributed by atoms with Gasteiger partial charge in [-0.15, -0.1) is 11.3 Å². The number of anilines is 2. The van der Waals surface area contributed by atoms with Gasteiger partial charge in [-0.3, -0.25) is 20.2 Å². The Labute approximate surface area is 183 Å². The van der Waals surface area contributed by atoms with Crippen LogP contribution in [-0.4, -0.2) is 28.9 Å². The van der Waals surface area contributed by atoms with E-state index in [9.17, 15) is 14.9 Å². The summed E-state index contributed by atoms with van der Waals surface area (Å²) in [5, 5.41) is 15.1. The number of thiazole rings is 1. The Morgan fingerprint density at radius 2 is 1.90 bits per heavy atom. The molecule has 3 aromatic rings. The van der Waals surface area contributed by atoms with Crippen LogP contribution in [-0.2, 0) is 12.8 Å². The molecule has 7 nitrogen and oxygen atoms in total.